The zero-order chi connectivity index (χ0) is 11.5. The van der Waals surface area contributed by atoms with Gasteiger partial charge in [-0.05, 0) is 31.1 Å². The van der Waals surface area contributed by atoms with Crippen LogP contribution in [0.1, 0.15) is 45.4 Å². The number of carbonyl (C=O) groups is 1. The summed E-state index contributed by atoms with van der Waals surface area (Å²) in [5.41, 5.74) is 5.50. The van der Waals surface area contributed by atoms with E-state index in [1.165, 1.54) is 38.5 Å². The molecule has 4 atom stereocenters. The molecule has 0 aromatic heterocycles. The van der Waals surface area contributed by atoms with Crippen molar-refractivity contribution < 1.29 is 4.79 Å². The fourth-order valence-electron chi connectivity index (χ4n) is 3.28. The van der Waals surface area contributed by atoms with E-state index in [0.717, 1.165) is 11.8 Å². The summed E-state index contributed by atoms with van der Waals surface area (Å²) < 4.78 is 0. The number of amides is 1. The Kier molecular flexibility index (Phi) is 3.85. The van der Waals surface area contributed by atoms with Gasteiger partial charge in [-0.25, -0.2) is 0 Å². The normalized spacial score (nSPS) is 35.5. The molecule has 0 aliphatic heterocycles. The van der Waals surface area contributed by atoms with Gasteiger partial charge in [0.25, 0.3) is 0 Å². The molecule has 2 rings (SSSR count). The molecule has 2 aliphatic rings. The van der Waals surface area contributed by atoms with E-state index in [1.807, 2.05) is 6.92 Å². The summed E-state index contributed by atoms with van der Waals surface area (Å²) in [7, 11) is 0. The lowest BCUT2D eigenvalue weighted by molar-refractivity contribution is -0.125. The third-order valence-corrected chi connectivity index (χ3v) is 4.44. The summed E-state index contributed by atoms with van der Waals surface area (Å²) in [6.07, 6.45) is 7.88. The molecule has 3 nitrogen and oxygen atoms in total. The van der Waals surface area contributed by atoms with Crippen molar-refractivity contribution in [2.24, 2.45) is 23.5 Å². The van der Waals surface area contributed by atoms with Crippen LogP contribution in [0.3, 0.4) is 0 Å². The topological polar surface area (TPSA) is 55.1 Å². The standard InChI is InChI=1S/C13H24N2O/c1-9(8-14)13(16)15-12-6-5-10-3-2-4-11(10)7-12/h9-12H,2-8,14H2,1H3,(H,15,16). The maximum Gasteiger partial charge on any atom is 0.224 e. The largest absolute Gasteiger partial charge is 0.353 e. The number of nitrogens with two attached hydrogens (primary N) is 1. The summed E-state index contributed by atoms with van der Waals surface area (Å²) in [6.45, 7) is 2.35. The Morgan fingerprint density at radius 1 is 1.31 bits per heavy atom. The third kappa shape index (κ3) is 2.57. The van der Waals surface area contributed by atoms with Crippen LogP contribution < -0.4 is 11.1 Å². The fourth-order valence-corrected chi connectivity index (χ4v) is 3.28. The maximum atomic E-state index is 11.7. The first kappa shape index (κ1) is 11.9. The number of nitrogens with one attached hydrogen (secondary N) is 1. The second-order valence-corrected chi connectivity index (χ2v) is 5.61. The van der Waals surface area contributed by atoms with Crippen molar-refractivity contribution in [3.8, 4) is 0 Å². The second-order valence-electron chi connectivity index (χ2n) is 5.61. The molecule has 0 radical (unpaired) electrons. The number of hydrogen-bond acceptors (Lipinski definition) is 2. The summed E-state index contributed by atoms with van der Waals surface area (Å²) in [5, 5.41) is 3.16. The van der Waals surface area contributed by atoms with Gasteiger partial charge in [0.05, 0.1) is 0 Å². The molecule has 0 aromatic rings. The van der Waals surface area contributed by atoms with Crippen molar-refractivity contribution in [2.45, 2.75) is 51.5 Å². The van der Waals surface area contributed by atoms with Crippen molar-refractivity contribution >= 4 is 5.91 Å². The molecule has 0 saturated heterocycles. The summed E-state index contributed by atoms with van der Waals surface area (Å²) in [6, 6.07) is 0.417. The van der Waals surface area contributed by atoms with E-state index in [9.17, 15) is 4.79 Å². The van der Waals surface area contributed by atoms with E-state index in [0.29, 0.717) is 12.6 Å². The van der Waals surface area contributed by atoms with Crippen LogP contribution >= 0.6 is 0 Å². The molecule has 2 saturated carbocycles. The number of hydrogen-bond donors (Lipinski definition) is 2. The molecule has 2 aliphatic carbocycles. The molecule has 3 heteroatoms. The third-order valence-electron chi connectivity index (χ3n) is 4.44. The summed E-state index contributed by atoms with van der Waals surface area (Å²) in [4.78, 5) is 11.7. The highest BCUT2D eigenvalue weighted by Crippen LogP contribution is 2.42. The first-order chi connectivity index (χ1) is 7.70. The molecule has 0 bridgehead atoms. The van der Waals surface area contributed by atoms with Gasteiger partial charge in [-0.1, -0.05) is 26.2 Å². The molecule has 16 heavy (non-hydrogen) atoms. The molecule has 92 valence electrons. The van der Waals surface area contributed by atoms with E-state index in [2.05, 4.69) is 5.32 Å². The summed E-state index contributed by atoms with van der Waals surface area (Å²) in [5.74, 6) is 1.94. The van der Waals surface area contributed by atoms with E-state index < -0.39 is 0 Å². The Balaban J connectivity index is 1.81. The van der Waals surface area contributed by atoms with Gasteiger partial charge >= 0.3 is 0 Å². The van der Waals surface area contributed by atoms with Crippen LogP contribution in [-0.2, 0) is 4.79 Å². The number of rotatable bonds is 3. The van der Waals surface area contributed by atoms with Crippen molar-refractivity contribution in [3.63, 3.8) is 0 Å². The van der Waals surface area contributed by atoms with E-state index in [4.69, 9.17) is 5.73 Å². The lowest BCUT2D eigenvalue weighted by Gasteiger charge is -2.32. The van der Waals surface area contributed by atoms with Gasteiger partial charge in [0.2, 0.25) is 5.91 Å². The quantitative estimate of drug-likeness (QED) is 0.766. The predicted molar refractivity (Wildman–Crippen MR) is 64.8 cm³/mol. The van der Waals surface area contributed by atoms with Gasteiger partial charge in [0, 0.05) is 18.5 Å². The van der Waals surface area contributed by atoms with Gasteiger partial charge in [-0.2, -0.15) is 0 Å². The van der Waals surface area contributed by atoms with Gasteiger partial charge in [-0.3, -0.25) is 4.79 Å². The van der Waals surface area contributed by atoms with Crippen LogP contribution in [0.5, 0.6) is 0 Å². The maximum absolute atomic E-state index is 11.7. The first-order valence-electron chi connectivity index (χ1n) is 6.71. The van der Waals surface area contributed by atoms with Crippen molar-refractivity contribution in [1.82, 2.24) is 5.32 Å². The molecule has 2 fully saturated rings. The van der Waals surface area contributed by atoms with Crippen molar-refractivity contribution in [3.05, 3.63) is 0 Å². The van der Waals surface area contributed by atoms with Crippen molar-refractivity contribution in [1.29, 1.82) is 0 Å². The molecule has 4 unspecified atom stereocenters. The van der Waals surface area contributed by atoms with Crippen LogP contribution in [0.2, 0.25) is 0 Å². The Morgan fingerprint density at radius 2 is 2.06 bits per heavy atom. The molecule has 1 amide bonds. The minimum absolute atomic E-state index is 0.0405. The van der Waals surface area contributed by atoms with E-state index >= 15 is 0 Å². The zero-order valence-corrected chi connectivity index (χ0v) is 10.2. The summed E-state index contributed by atoms with van der Waals surface area (Å²) >= 11 is 0. The Morgan fingerprint density at radius 3 is 2.81 bits per heavy atom. The molecular weight excluding hydrogens is 200 g/mol. The van der Waals surface area contributed by atoms with Crippen LogP contribution in [0.4, 0.5) is 0 Å². The molecular formula is C13H24N2O. The van der Waals surface area contributed by atoms with Crippen LogP contribution in [0.15, 0.2) is 0 Å². The zero-order valence-electron chi connectivity index (χ0n) is 10.2. The lowest BCUT2D eigenvalue weighted by atomic mass is 9.79. The predicted octanol–water partition coefficient (Wildman–Crippen LogP) is 1.67. The second kappa shape index (κ2) is 5.17. The molecule has 0 heterocycles. The average molecular weight is 224 g/mol. The molecule has 3 N–H and O–H groups in total. The van der Waals surface area contributed by atoms with Gasteiger partial charge in [0.15, 0.2) is 0 Å². The van der Waals surface area contributed by atoms with Crippen LogP contribution in [0.25, 0.3) is 0 Å². The smallest absolute Gasteiger partial charge is 0.224 e. The fraction of sp³-hybridized carbons (Fsp3) is 0.923. The first-order valence-corrected chi connectivity index (χ1v) is 6.71. The van der Waals surface area contributed by atoms with Gasteiger partial charge in [-0.15, -0.1) is 0 Å². The van der Waals surface area contributed by atoms with Crippen LogP contribution in [-0.4, -0.2) is 18.5 Å². The lowest BCUT2D eigenvalue weighted by Crippen LogP contribution is -2.43. The Labute approximate surface area is 98.2 Å². The Hall–Kier alpha value is -0.570. The highest BCUT2D eigenvalue weighted by Gasteiger charge is 2.34. The number of carbonyl (C=O) groups excluding carboxylic acids is 1. The Bertz CT molecular complexity index is 254. The molecule has 0 spiro atoms. The average Bonchev–Trinajstić information content (AvgIpc) is 2.75. The minimum Gasteiger partial charge on any atom is -0.353 e. The minimum atomic E-state index is -0.0405. The van der Waals surface area contributed by atoms with Crippen molar-refractivity contribution in [2.75, 3.05) is 6.54 Å². The number of fused-ring (bicyclic) bond motifs is 1. The van der Waals surface area contributed by atoms with Gasteiger partial charge in [0.1, 0.15) is 0 Å². The van der Waals surface area contributed by atoms with Gasteiger partial charge < -0.3 is 11.1 Å². The molecule has 0 aromatic carbocycles. The SMILES string of the molecule is CC(CN)C(=O)NC1CCC2CCCC2C1. The highest BCUT2D eigenvalue weighted by molar-refractivity contribution is 5.78. The van der Waals surface area contributed by atoms with E-state index in [1.54, 1.807) is 0 Å². The monoisotopic (exact) mass is 224 g/mol. The van der Waals surface area contributed by atoms with Crippen LogP contribution in [0, 0.1) is 17.8 Å². The highest BCUT2D eigenvalue weighted by atomic mass is 16.1. The van der Waals surface area contributed by atoms with E-state index in [-0.39, 0.29) is 11.8 Å².